The second-order valence-electron chi connectivity index (χ2n) is 10.2. The number of piperidine rings is 1. The highest BCUT2D eigenvalue weighted by Gasteiger charge is 2.42. The topological polar surface area (TPSA) is 82.6 Å². The number of hydrogen-bond donors (Lipinski definition) is 1. The largest absolute Gasteiger partial charge is 0.342 e. The molecule has 2 unspecified atom stereocenters. The molecule has 1 saturated heterocycles. The predicted molar refractivity (Wildman–Crippen MR) is 135 cm³/mol. The number of anilines is 2. The fraction of sp³-hybridized carbons (Fsp3) is 0.500. The molecule has 2 aromatic rings. The number of amides is 3. The molecule has 2 fully saturated rings. The number of carbonyl (C=O) groups is 3. The van der Waals surface area contributed by atoms with E-state index in [0.717, 1.165) is 43.4 Å². The molecule has 0 bridgehead atoms. The van der Waals surface area contributed by atoms with Gasteiger partial charge in [-0.15, -0.1) is 0 Å². The molecule has 2 aliphatic heterocycles. The number of para-hydroxylation sites is 1. The van der Waals surface area contributed by atoms with E-state index in [1.165, 1.54) is 5.56 Å². The lowest BCUT2D eigenvalue weighted by molar-refractivity contribution is -0.144. The molecule has 1 N–H and O–H groups in total. The van der Waals surface area contributed by atoms with Gasteiger partial charge in [-0.1, -0.05) is 31.0 Å². The molecule has 7 heteroatoms. The molecule has 7 nitrogen and oxygen atoms in total. The standard InChI is InChI=1S/C28H34N4O3/c1-19-10-14-29-25(18-19)30-26(33)21-11-15-31(16-12-21)27(34)22-7-3-4-8-23(22)28(35)32-17-13-20-6-2-5-9-24(20)32/h2,5-6,9-10,14,18,21-23H,3-4,7-8,11-13,15-17H2,1H3,(H,29,30,33). The molecule has 3 amide bonds. The van der Waals surface area contributed by atoms with Gasteiger partial charge in [0, 0.05) is 43.4 Å². The minimum absolute atomic E-state index is 0.0337. The van der Waals surface area contributed by atoms with Crippen molar-refractivity contribution in [3.05, 3.63) is 53.7 Å². The Morgan fingerprint density at radius 3 is 2.37 bits per heavy atom. The summed E-state index contributed by atoms with van der Waals surface area (Å²) >= 11 is 0. The number of aryl methyl sites for hydroxylation is 1. The first kappa shape index (κ1) is 23.5. The summed E-state index contributed by atoms with van der Waals surface area (Å²) in [5, 5.41) is 2.92. The highest BCUT2D eigenvalue weighted by atomic mass is 16.2. The highest BCUT2D eigenvalue weighted by Crippen LogP contribution is 2.37. The molecular weight excluding hydrogens is 440 g/mol. The van der Waals surface area contributed by atoms with E-state index in [-0.39, 0.29) is 35.5 Å². The Morgan fingerprint density at radius 2 is 1.63 bits per heavy atom. The summed E-state index contributed by atoms with van der Waals surface area (Å²) in [6.07, 6.45) is 7.35. The van der Waals surface area contributed by atoms with Gasteiger partial charge in [-0.3, -0.25) is 14.4 Å². The van der Waals surface area contributed by atoms with E-state index in [9.17, 15) is 14.4 Å². The number of nitrogens with one attached hydrogen (secondary N) is 1. The predicted octanol–water partition coefficient (Wildman–Crippen LogP) is 3.96. The molecule has 1 aromatic carbocycles. The average Bonchev–Trinajstić information content (AvgIpc) is 3.32. The van der Waals surface area contributed by atoms with Gasteiger partial charge in [-0.25, -0.2) is 4.98 Å². The number of fused-ring (bicyclic) bond motifs is 1. The maximum atomic E-state index is 13.6. The molecule has 0 spiro atoms. The maximum absolute atomic E-state index is 13.6. The molecule has 3 aliphatic rings. The van der Waals surface area contributed by atoms with Crippen LogP contribution >= 0.6 is 0 Å². The fourth-order valence-electron chi connectivity index (χ4n) is 5.92. The van der Waals surface area contributed by atoms with Crippen molar-refractivity contribution in [3.63, 3.8) is 0 Å². The fourth-order valence-corrected chi connectivity index (χ4v) is 5.92. The summed E-state index contributed by atoms with van der Waals surface area (Å²) in [5.41, 5.74) is 3.26. The van der Waals surface area contributed by atoms with Gasteiger partial charge in [-0.2, -0.15) is 0 Å². The lowest BCUT2D eigenvalue weighted by Crippen LogP contribution is -2.49. The summed E-state index contributed by atoms with van der Waals surface area (Å²) in [5.74, 6) is 0.0878. The van der Waals surface area contributed by atoms with E-state index in [1.807, 2.05) is 47.1 Å². The van der Waals surface area contributed by atoms with Gasteiger partial charge >= 0.3 is 0 Å². The second-order valence-corrected chi connectivity index (χ2v) is 10.2. The monoisotopic (exact) mass is 474 g/mol. The van der Waals surface area contributed by atoms with Crippen LogP contribution in [0.4, 0.5) is 11.5 Å². The first-order valence-electron chi connectivity index (χ1n) is 12.9. The summed E-state index contributed by atoms with van der Waals surface area (Å²) in [6.45, 7) is 3.78. The Labute approximate surface area is 206 Å². The molecule has 1 aliphatic carbocycles. The van der Waals surface area contributed by atoms with Crippen molar-refractivity contribution in [3.8, 4) is 0 Å². The number of aromatic nitrogens is 1. The molecule has 35 heavy (non-hydrogen) atoms. The van der Waals surface area contributed by atoms with Crippen molar-refractivity contribution in [2.45, 2.75) is 51.9 Å². The summed E-state index contributed by atoms with van der Waals surface area (Å²) < 4.78 is 0. The highest BCUT2D eigenvalue weighted by molar-refractivity contribution is 5.99. The van der Waals surface area contributed by atoms with Crippen molar-refractivity contribution in [2.75, 3.05) is 29.9 Å². The van der Waals surface area contributed by atoms with Gasteiger partial charge in [-0.05, 0) is 68.4 Å². The molecule has 3 heterocycles. The van der Waals surface area contributed by atoms with Gasteiger partial charge in [0.25, 0.3) is 0 Å². The number of likely N-dealkylation sites (tertiary alicyclic amines) is 1. The molecule has 2 atom stereocenters. The Bertz CT molecular complexity index is 1110. The van der Waals surface area contributed by atoms with E-state index in [4.69, 9.17) is 0 Å². The first-order valence-corrected chi connectivity index (χ1v) is 12.9. The number of rotatable bonds is 4. The van der Waals surface area contributed by atoms with Crippen LogP contribution in [0.25, 0.3) is 0 Å². The van der Waals surface area contributed by atoms with Crippen molar-refractivity contribution >= 4 is 29.2 Å². The number of pyridine rings is 1. The summed E-state index contributed by atoms with van der Waals surface area (Å²) in [4.78, 5) is 47.9. The van der Waals surface area contributed by atoms with Gasteiger partial charge < -0.3 is 15.1 Å². The first-order chi connectivity index (χ1) is 17.0. The van der Waals surface area contributed by atoms with Crippen molar-refractivity contribution < 1.29 is 14.4 Å². The molecule has 184 valence electrons. The van der Waals surface area contributed by atoms with E-state index in [0.29, 0.717) is 38.3 Å². The molecule has 5 rings (SSSR count). The maximum Gasteiger partial charge on any atom is 0.230 e. The van der Waals surface area contributed by atoms with Crippen LogP contribution in [0.15, 0.2) is 42.6 Å². The van der Waals surface area contributed by atoms with Crippen LogP contribution in [0.5, 0.6) is 0 Å². The third kappa shape index (κ3) is 4.95. The zero-order valence-electron chi connectivity index (χ0n) is 20.4. The van der Waals surface area contributed by atoms with Crippen LogP contribution in [-0.2, 0) is 20.8 Å². The van der Waals surface area contributed by atoms with Crippen molar-refractivity contribution in [1.29, 1.82) is 0 Å². The molecule has 1 saturated carbocycles. The van der Waals surface area contributed by atoms with Gasteiger partial charge in [0.1, 0.15) is 5.82 Å². The third-order valence-electron chi connectivity index (χ3n) is 7.90. The van der Waals surface area contributed by atoms with Gasteiger partial charge in [0.05, 0.1) is 5.92 Å². The molecular formula is C28H34N4O3. The van der Waals surface area contributed by atoms with E-state index >= 15 is 0 Å². The molecule has 0 radical (unpaired) electrons. The van der Waals surface area contributed by atoms with Crippen molar-refractivity contribution in [2.24, 2.45) is 17.8 Å². The number of benzene rings is 1. The van der Waals surface area contributed by atoms with Crippen LogP contribution in [0.2, 0.25) is 0 Å². The van der Waals surface area contributed by atoms with E-state index in [2.05, 4.69) is 16.4 Å². The van der Waals surface area contributed by atoms with Crippen molar-refractivity contribution in [1.82, 2.24) is 9.88 Å². The van der Waals surface area contributed by atoms with Gasteiger partial charge in [0.15, 0.2) is 0 Å². The Kier molecular flexibility index (Phi) is 6.84. The minimum atomic E-state index is -0.258. The number of nitrogens with zero attached hydrogens (tertiary/aromatic N) is 3. The third-order valence-corrected chi connectivity index (χ3v) is 7.90. The SMILES string of the molecule is Cc1ccnc(NC(=O)C2CCN(C(=O)C3CCCCC3C(=O)N3CCc4ccccc43)CC2)c1. The number of hydrogen-bond acceptors (Lipinski definition) is 4. The normalized spacial score (nSPS) is 22.5. The lowest BCUT2D eigenvalue weighted by Gasteiger charge is -2.38. The summed E-state index contributed by atoms with van der Waals surface area (Å²) in [7, 11) is 0. The lowest BCUT2D eigenvalue weighted by atomic mass is 9.77. The smallest absolute Gasteiger partial charge is 0.230 e. The second kappa shape index (κ2) is 10.2. The quantitative estimate of drug-likeness (QED) is 0.727. The van der Waals surface area contributed by atoms with Crippen LogP contribution < -0.4 is 10.2 Å². The Hall–Kier alpha value is -3.22. The van der Waals surface area contributed by atoms with Crippen LogP contribution in [0.1, 0.15) is 49.7 Å². The minimum Gasteiger partial charge on any atom is -0.342 e. The zero-order valence-corrected chi connectivity index (χ0v) is 20.4. The van der Waals surface area contributed by atoms with E-state index in [1.54, 1.807) is 6.20 Å². The average molecular weight is 475 g/mol. The van der Waals surface area contributed by atoms with E-state index < -0.39 is 0 Å². The zero-order chi connectivity index (χ0) is 24.4. The Morgan fingerprint density at radius 1 is 0.914 bits per heavy atom. The van der Waals surface area contributed by atoms with Crippen LogP contribution in [0.3, 0.4) is 0 Å². The van der Waals surface area contributed by atoms with Crippen LogP contribution in [0, 0.1) is 24.7 Å². The molecule has 1 aromatic heterocycles. The van der Waals surface area contributed by atoms with Crippen LogP contribution in [-0.4, -0.2) is 47.2 Å². The summed E-state index contributed by atoms with van der Waals surface area (Å²) in [6, 6.07) is 11.8. The number of carbonyl (C=O) groups excluding carboxylic acids is 3. The van der Waals surface area contributed by atoms with Gasteiger partial charge in [0.2, 0.25) is 17.7 Å². The Balaban J connectivity index is 1.20.